The highest BCUT2D eigenvalue weighted by atomic mass is 15.3. The highest BCUT2D eigenvalue weighted by molar-refractivity contribution is 5.35. The Bertz CT molecular complexity index is 504. The molecule has 1 N–H and O–H groups in total. The van der Waals surface area contributed by atoms with E-state index in [1.807, 2.05) is 30.1 Å². The number of aryl methyl sites for hydroxylation is 1. The van der Waals surface area contributed by atoms with Crippen molar-refractivity contribution >= 4 is 5.82 Å². The summed E-state index contributed by atoms with van der Waals surface area (Å²) in [6.07, 6.45) is 4.36. The second kappa shape index (κ2) is 5.62. The van der Waals surface area contributed by atoms with E-state index in [1.165, 1.54) is 5.69 Å². The number of rotatable bonds is 5. The maximum Gasteiger partial charge on any atom is 0.129 e. The van der Waals surface area contributed by atoms with Crippen LogP contribution in [0.25, 0.3) is 0 Å². The van der Waals surface area contributed by atoms with Crippen LogP contribution in [0.4, 0.5) is 5.82 Å². The van der Waals surface area contributed by atoms with Gasteiger partial charge in [0.1, 0.15) is 12.1 Å². The van der Waals surface area contributed by atoms with Gasteiger partial charge in [0.2, 0.25) is 0 Å². The number of nitrogens with zero attached hydrogens (tertiary/aromatic N) is 4. The van der Waals surface area contributed by atoms with Crippen LogP contribution in [0.1, 0.15) is 31.2 Å². The smallest absolute Gasteiger partial charge is 0.129 e. The van der Waals surface area contributed by atoms with Gasteiger partial charge in [-0.2, -0.15) is 5.10 Å². The van der Waals surface area contributed by atoms with Gasteiger partial charge in [0.15, 0.2) is 0 Å². The minimum atomic E-state index is 0.422. The lowest BCUT2D eigenvalue weighted by atomic mass is 10.1. The van der Waals surface area contributed by atoms with E-state index in [1.54, 1.807) is 6.33 Å². The molecule has 0 radical (unpaired) electrons. The van der Waals surface area contributed by atoms with Gasteiger partial charge in [-0.15, -0.1) is 0 Å². The van der Waals surface area contributed by atoms with E-state index in [9.17, 15) is 0 Å². The molecule has 0 aliphatic carbocycles. The van der Waals surface area contributed by atoms with E-state index in [4.69, 9.17) is 0 Å². The van der Waals surface area contributed by atoms with E-state index in [-0.39, 0.29) is 0 Å². The molecule has 96 valence electrons. The third-order valence-corrected chi connectivity index (χ3v) is 2.89. The summed E-state index contributed by atoms with van der Waals surface area (Å²) in [5, 5.41) is 7.46. The molecule has 5 nitrogen and oxygen atoms in total. The van der Waals surface area contributed by atoms with Crippen molar-refractivity contribution in [2.45, 2.75) is 26.2 Å². The van der Waals surface area contributed by atoms with Crippen LogP contribution in [0.3, 0.4) is 0 Å². The van der Waals surface area contributed by atoms with Crippen molar-refractivity contribution < 1.29 is 0 Å². The summed E-state index contributed by atoms with van der Waals surface area (Å²) in [6.45, 7) is 5.09. The molecule has 0 atom stereocenters. The average Bonchev–Trinajstić information content (AvgIpc) is 2.76. The Balaban J connectivity index is 1.90. The lowest BCUT2D eigenvalue weighted by molar-refractivity contribution is 0.710. The van der Waals surface area contributed by atoms with Gasteiger partial charge >= 0.3 is 0 Å². The van der Waals surface area contributed by atoms with E-state index in [0.29, 0.717) is 5.92 Å². The van der Waals surface area contributed by atoms with Crippen LogP contribution >= 0.6 is 0 Å². The first-order valence-corrected chi connectivity index (χ1v) is 6.19. The molecule has 2 rings (SSSR count). The number of hydrogen-bond donors (Lipinski definition) is 1. The fourth-order valence-corrected chi connectivity index (χ4v) is 1.75. The fourth-order valence-electron chi connectivity index (χ4n) is 1.75. The van der Waals surface area contributed by atoms with Crippen molar-refractivity contribution in [3.63, 3.8) is 0 Å². The van der Waals surface area contributed by atoms with Gasteiger partial charge in [0, 0.05) is 43.7 Å². The summed E-state index contributed by atoms with van der Waals surface area (Å²) in [7, 11) is 1.96. The predicted octanol–water partition coefficient (Wildman–Crippen LogP) is 1.99. The van der Waals surface area contributed by atoms with Gasteiger partial charge in [-0.25, -0.2) is 9.97 Å². The monoisotopic (exact) mass is 245 g/mol. The maximum absolute atomic E-state index is 4.25. The quantitative estimate of drug-likeness (QED) is 0.875. The topological polar surface area (TPSA) is 55.6 Å². The molecular weight excluding hydrogens is 226 g/mol. The van der Waals surface area contributed by atoms with Crippen LogP contribution in [-0.2, 0) is 13.5 Å². The first kappa shape index (κ1) is 12.5. The Hall–Kier alpha value is -1.91. The average molecular weight is 245 g/mol. The van der Waals surface area contributed by atoms with Crippen molar-refractivity contribution in [3.8, 4) is 0 Å². The zero-order valence-corrected chi connectivity index (χ0v) is 11.1. The first-order chi connectivity index (χ1) is 8.66. The molecule has 0 bridgehead atoms. The summed E-state index contributed by atoms with van der Waals surface area (Å²) < 4.78 is 1.89. The SMILES string of the molecule is CC(C)c1cc(NCCc2ccnn2C)ncn1. The van der Waals surface area contributed by atoms with Crippen molar-refractivity contribution in [2.24, 2.45) is 7.05 Å². The third-order valence-electron chi connectivity index (χ3n) is 2.89. The van der Waals surface area contributed by atoms with Gasteiger partial charge in [0.05, 0.1) is 0 Å². The van der Waals surface area contributed by atoms with Crippen LogP contribution in [0.15, 0.2) is 24.7 Å². The Kier molecular flexibility index (Phi) is 3.92. The minimum Gasteiger partial charge on any atom is -0.370 e. The normalized spacial score (nSPS) is 10.9. The largest absolute Gasteiger partial charge is 0.370 e. The maximum atomic E-state index is 4.25. The molecule has 0 aliphatic heterocycles. The standard InChI is InChI=1S/C13H19N5/c1-10(2)12-8-13(16-9-15-12)14-6-4-11-5-7-17-18(11)3/h5,7-10H,4,6H2,1-3H3,(H,14,15,16). The number of nitrogens with one attached hydrogen (secondary N) is 1. The van der Waals surface area contributed by atoms with Crippen molar-refractivity contribution in [2.75, 3.05) is 11.9 Å². The van der Waals surface area contributed by atoms with Crippen LogP contribution < -0.4 is 5.32 Å². The number of hydrogen-bond acceptors (Lipinski definition) is 4. The highest BCUT2D eigenvalue weighted by Crippen LogP contribution is 2.13. The Labute approximate surface area is 107 Å². The molecule has 0 aromatic carbocycles. The molecule has 18 heavy (non-hydrogen) atoms. The molecule has 0 spiro atoms. The van der Waals surface area contributed by atoms with E-state index in [0.717, 1.165) is 24.5 Å². The molecule has 0 amide bonds. The van der Waals surface area contributed by atoms with Crippen LogP contribution in [0, 0.1) is 0 Å². The van der Waals surface area contributed by atoms with Gasteiger partial charge in [-0.3, -0.25) is 4.68 Å². The van der Waals surface area contributed by atoms with Crippen molar-refractivity contribution in [1.82, 2.24) is 19.7 Å². The van der Waals surface area contributed by atoms with Gasteiger partial charge in [-0.05, 0) is 12.0 Å². The number of aromatic nitrogens is 4. The lowest BCUT2D eigenvalue weighted by Gasteiger charge is -2.08. The highest BCUT2D eigenvalue weighted by Gasteiger charge is 2.03. The van der Waals surface area contributed by atoms with Crippen LogP contribution in [0.2, 0.25) is 0 Å². The second-order valence-corrected chi connectivity index (χ2v) is 4.61. The summed E-state index contributed by atoms with van der Waals surface area (Å²) in [6, 6.07) is 4.04. The van der Waals surface area contributed by atoms with Gasteiger partial charge in [0.25, 0.3) is 0 Å². The third kappa shape index (κ3) is 3.06. The van der Waals surface area contributed by atoms with E-state index < -0.39 is 0 Å². The zero-order chi connectivity index (χ0) is 13.0. The van der Waals surface area contributed by atoms with E-state index >= 15 is 0 Å². The van der Waals surface area contributed by atoms with Crippen molar-refractivity contribution in [3.05, 3.63) is 36.0 Å². The lowest BCUT2D eigenvalue weighted by Crippen LogP contribution is -2.10. The van der Waals surface area contributed by atoms with Crippen LogP contribution in [-0.4, -0.2) is 26.3 Å². The summed E-state index contributed by atoms with van der Waals surface area (Å²) in [5.74, 6) is 1.31. The number of anilines is 1. The fraction of sp³-hybridized carbons (Fsp3) is 0.462. The van der Waals surface area contributed by atoms with Crippen molar-refractivity contribution in [1.29, 1.82) is 0 Å². The first-order valence-electron chi connectivity index (χ1n) is 6.19. The predicted molar refractivity (Wildman–Crippen MR) is 71.5 cm³/mol. The minimum absolute atomic E-state index is 0.422. The molecule has 0 saturated carbocycles. The molecule has 0 saturated heterocycles. The van der Waals surface area contributed by atoms with Gasteiger partial charge in [-0.1, -0.05) is 13.8 Å². The molecule has 0 unspecified atom stereocenters. The molecule has 5 heteroatoms. The molecule has 2 aromatic heterocycles. The molecule has 2 aromatic rings. The second-order valence-electron chi connectivity index (χ2n) is 4.61. The Morgan fingerprint density at radius 2 is 2.17 bits per heavy atom. The van der Waals surface area contributed by atoms with Crippen LogP contribution in [0.5, 0.6) is 0 Å². The summed E-state index contributed by atoms with van der Waals surface area (Å²) in [5.41, 5.74) is 2.27. The molecule has 0 aliphatic rings. The van der Waals surface area contributed by atoms with Gasteiger partial charge < -0.3 is 5.32 Å². The van der Waals surface area contributed by atoms with E-state index in [2.05, 4.69) is 34.2 Å². The Morgan fingerprint density at radius 3 is 2.83 bits per heavy atom. The summed E-state index contributed by atoms with van der Waals surface area (Å²) in [4.78, 5) is 8.46. The summed E-state index contributed by atoms with van der Waals surface area (Å²) >= 11 is 0. The zero-order valence-electron chi connectivity index (χ0n) is 11.1. The molecular formula is C13H19N5. The molecule has 2 heterocycles. The Morgan fingerprint density at radius 1 is 1.33 bits per heavy atom. The molecule has 0 fully saturated rings.